The molecule has 0 spiro atoms. The van der Waals surface area contributed by atoms with Gasteiger partial charge in [0, 0.05) is 24.2 Å². The highest BCUT2D eigenvalue weighted by molar-refractivity contribution is 5.85. The molecule has 3 rings (SSSR count). The number of aromatic nitrogens is 3. The molecule has 1 aromatic heterocycles. The van der Waals surface area contributed by atoms with Crippen LogP contribution in [0.2, 0.25) is 0 Å². The summed E-state index contributed by atoms with van der Waals surface area (Å²) in [7, 11) is 0. The molecule has 2 heterocycles. The minimum Gasteiger partial charge on any atom is -0.440 e. The summed E-state index contributed by atoms with van der Waals surface area (Å²) in [5.74, 6) is 1.58. The molecule has 1 N–H and O–H groups in total. The van der Waals surface area contributed by atoms with Crippen LogP contribution in [0.4, 0.5) is 23.7 Å². The van der Waals surface area contributed by atoms with Gasteiger partial charge in [0.15, 0.2) is 12.4 Å². The number of ether oxygens (including phenoxy) is 1. The number of alkyl halides is 3. The summed E-state index contributed by atoms with van der Waals surface area (Å²) in [6, 6.07) is 6.64. The second-order valence-electron chi connectivity index (χ2n) is 5.09. The van der Waals surface area contributed by atoms with Crippen LogP contribution >= 0.6 is 0 Å². The number of hydrogen-bond acceptors (Lipinski definition) is 4. The van der Waals surface area contributed by atoms with Gasteiger partial charge in [-0.2, -0.15) is 13.2 Å². The Bertz CT molecular complexity index is 727. The van der Waals surface area contributed by atoms with Crippen molar-refractivity contribution in [2.24, 2.45) is 0 Å². The minimum atomic E-state index is -4.55. The average molecular weight is 326 g/mol. The lowest BCUT2D eigenvalue weighted by atomic mass is 10.2. The molecule has 1 aliphatic rings. The summed E-state index contributed by atoms with van der Waals surface area (Å²) in [5, 5.41) is 10.5. The molecule has 0 bridgehead atoms. The van der Waals surface area contributed by atoms with Gasteiger partial charge in [-0.05, 0) is 18.6 Å². The van der Waals surface area contributed by atoms with E-state index in [0.29, 0.717) is 11.5 Å². The number of hydrogen-bond donors (Lipinski definition) is 1. The number of carbonyl (C=O) groups is 1. The van der Waals surface area contributed by atoms with E-state index < -0.39 is 18.9 Å². The van der Waals surface area contributed by atoms with Crippen LogP contribution in [0.1, 0.15) is 12.2 Å². The van der Waals surface area contributed by atoms with Crippen molar-refractivity contribution in [1.82, 2.24) is 14.8 Å². The smallest absolute Gasteiger partial charge is 0.422 e. The summed E-state index contributed by atoms with van der Waals surface area (Å²) >= 11 is 0. The predicted octanol–water partition coefficient (Wildman–Crippen LogP) is 3.00. The number of anilines is 1. The largest absolute Gasteiger partial charge is 0.440 e. The van der Waals surface area contributed by atoms with Crippen molar-refractivity contribution in [1.29, 1.82) is 0 Å². The first-order chi connectivity index (χ1) is 10.9. The highest BCUT2D eigenvalue weighted by atomic mass is 19.4. The molecule has 1 aromatic carbocycles. The molecular formula is C14H13F3N4O2. The fourth-order valence-corrected chi connectivity index (χ4v) is 2.40. The Morgan fingerprint density at radius 3 is 2.96 bits per heavy atom. The summed E-state index contributed by atoms with van der Waals surface area (Å²) in [5.41, 5.74) is 1.05. The summed E-state index contributed by atoms with van der Waals surface area (Å²) in [4.78, 5) is 11.4. The third-order valence-electron chi connectivity index (χ3n) is 3.34. The van der Waals surface area contributed by atoms with Gasteiger partial charge in [0.25, 0.3) is 0 Å². The van der Waals surface area contributed by atoms with Crippen molar-refractivity contribution >= 4 is 11.8 Å². The first-order valence-electron chi connectivity index (χ1n) is 6.95. The van der Waals surface area contributed by atoms with Gasteiger partial charge in [0.05, 0.1) is 0 Å². The van der Waals surface area contributed by atoms with E-state index in [1.54, 1.807) is 24.3 Å². The number of benzene rings is 1. The molecule has 2 aromatic rings. The Morgan fingerprint density at radius 2 is 2.17 bits per heavy atom. The zero-order chi connectivity index (χ0) is 16.4. The van der Waals surface area contributed by atoms with Crippen molar-refractivity contribution < 1.29 is 22.7 Å². The second kappa shape index (κ2) is 5.90. The number of rotatable bonds is 3. The van der Waals surface area contributed by atoms with Gasteiger partial charge in [-0.15, -0.1) is 10.2 Å². The summed E-state index contributed by atoms with van der Waals surface area (Å²) < 4.78 is 42.1. The molecule has 122 valence electrons. The third-order valence-corrected chi connectivity index (χ3v) is 3.34. The van der Waals surface area contributed by atoms with Crippen LogP contribution in [0, 0.1) is 0 Å². The number of nitrogens with zero attached hydrogens (tertiary/aromatic N) is 3. The first-order valence-corrected chi connectivity index (χ1v) is 6.95. The highest BCUT2D eigenvalue weighted by Crippen LogP contribution is 2.25. The molecule has 0 fully saturated rings. The molecule has 0 radical (unpaired) electrons. The molecule has 1 amide bonds. The van der Waals surface area contributed by atoms with E-state index in [-0.39, 0.29) is 0 Å². The van der Waals surface area contributed by atoms with Crippen molar-refractivity contribution in [2.75, 3.05) is 11.9 Å². The molecule has 0 aliphatic carbocycles. The molecule has 1 aliphatic heterocycles. The zero-order valence-corrected chi connectivity index (χ0v) is 11.9. The molecule has 0 saturated carbocycles. The predicted molar refractivity (Wildman–Crippen MR) is 74.8 cm³/mol. The van der Waals surface area contributed by atoms with Gasteiger partial charge in [0.1, 0.15) is 5.82 Å². The maximum atomic E-state index is 12.0. The van der Waals surface area contributed by atoms with Gasteiger partial charge >= 0.3 is 12.3 Å². The SMILES string of the molecule is O=C(Nc1cccc(-c2nnc3n2CCC3)c1)OCC(F)(F)F. The number of fused-ring (bicyclic) bond motifs is 1. The van der Waals surface area contributed by atoms with Gasteiger partial charge in [-0.25, -0.2) is 4.79 Å². The maximum absolute atomic E-state index is 12.0. The topological polar surface area (TPSA) is 69.0 Å². The molecule has 6 nitrogen and oxygen atoms in total. The average Bonchev–Trinajstić information content (AvgIpc) is 3.07. The van der Waals surface area contributed by atoms with Crippen LogP contribution in [0.3, 0.4) is 0 Å². The van der Waals surface area contributed by atoms with E-state index in [0.717, 1.165) is 30.8 Å². The van der Waals surface area contributed by atoms with Crippen LogP contribution in [-0.2, 0) is 17.7 Å². The number of nitrogens with one attached hydrogen (secondary N) is 1. The molecule has 9 heteroatoms. The molecule has 23 heavy (non-hydrogen) atoms. The third kappa shape index (κ3) is 3.61. The van der Waals surface area contributed by atoms with E-state index in [9.17, 15) is 18.0 Å². The van der Waals surface area contributed by atoms with E-state index in [1.165, 1.54) is 0 Å². The number of amides is 1. The molecular weight excluding hydrogens is 313 g/mol. The lowest BCUT2D eigenvalue weighted by molar-refractivity contribution is -0.159. The van der Waals surface area contributed by atoms with Crippen LogP contribution in [0.15, 0.2) is 24.3 Å². The quantitative estimate of drug-likeness (QED) is 0.941. The van der Waals surface area contributed by atoms with Crippen molar-refractivity contribution in [3.05, 3.63) is 30.1 Å². The van der Waals surface area contributed by atoms with Gasteiger partial charge < -0.3 is 9.30 Å². The Morgan fingerprint density at radius 1 is 1.35 bits per heavy atom. The first kappa shape index (κ1) is 15.3. The monoisotopic (exact) mass is 326 g/mol. The Labute approximate surface area is 129 Å². The minimum absolute atomic E-state index is 0.324. The fraction of sp³-hybridized carbons (Fsp3) is 0.357. The van der Waals surface area contributed by atoms with E-state index in [4.69, 9.17) is 0 Å². The lowest BCUT2D eigenvalue weighted by Gasteiger charge is -2.10. The molecule has 0 saturated heterocycles. The number of carbonyl (C=O) groups excluding carboxylic acids is 1. The lowest BCUT2D eigenvalue weighted by Crippen LogP contribution is -2.23. The van der Waals surface area contributed by atoms with Gasteiger partial charge in [0.2, 0.25) is 0 Å². The highest BCUT2D eigenvalue weighted by Gasteiger charge is 2.29. The Balaban J connectivity index is 1.71. The standard InChI is InChI=1S/C14H13F3N4O2/c15-14(16,17)8-23-13(22)18-10-4-1-3-9(7-10)12-20-19-11-5-2-6-21(11)12/h1,3-4,7H,2,5-6,8H2,(H,18,22). The summed E-state index contributed by atoms with van der Waals surface area (Å²) in [6.07, 6.45) is -3.85. The fourth-order valence-electron chi connectivity index (χ4n) is 2.40. The van der Waals surface area contributed by atoms with Crippen LogP contribution < -0.4 is 5.32 Å². The van der Waals surface area contributed by atoms with Gasteiger partial charge in [-0.3, -0.25) is 5.32 Å². The van der Waals surface area contributed by atoms with Crippen LogP contribution in [0.5, 0.6) is 0 Å². The Hall–Kier alpha value is -2.58. The number of aryl methyl sites for hydroxylation is 1. The molecule has 0 atom stereocenters. The maximum Gasteiger partial charge on any atom is 0.422 e. The van der Waals surface area contributed by atoms with E-state index >= 15 is 0 Å². The van der Waals surface area contributed by atoms with Crippen LogP contribution in [0.25, 0.3) is 11.4 Å². The van der Waals surface area contributed by atoms with E-state index in [1.807, 2.05) is 4.57 Å². The second-order valence-corrected chi connectivity index (χ2v) is 5.09. The Kier molecular flexibility index (Phi) is 3.93. The van der Waals surface area contributed by atoms with Crippen molar-refractivity contribution in [3.63, 3.8) is 0 Å². The van der Waals surface area contributed by atoms with Crippen molar-refractivity contribution in [2.45, 2.75) is 25.6 Å². The normalized spacial score (nSPS) is 13.7. The van der Waals surface area contributed by atoms with E-state index in [2.05, 4.69) is 20.3 Å². The zero-order valence-electron chi connectivity index (χ0n) is 11.9. The van der Waals surface area contributed by atoms with Gasteiger partial charge in [-0.1, -0.05) is 12.1 Å². The molecule has 0 unspecified atom stereocenters. The van der Waals surface area contributed by atoms with Crippen molar-refractivity contribution in [3.8, 4) is 11.4 Å². The summed E-state index contributed by atoms with van der Waals surface area (Å²) in [6.45, 7) is -0.806. The number of halogens is 3. The van der Waals surface area contributed by atoms with Crippen LogP contribution in [-0.4, -0.2) is 33.6 Å².